The highest BCUT2D eigenvalue weighted by Crippen LogP contribution is 2.38. The second-order valence-corrected chi connectivity index (χ2v) is 9.75. The summed E-state index contributed by atoms with van der Waals surface area (Å²) in [5.74, 6) is 1.36. The van der Waals surface area contributed by atoms with Gasteiger partial charge >= 0.3 is 0 Å². The first kappa shape index (κ1) is 27.3. The first-order chi connectivity index (χ1) is 18.5. The van der Waals surface area contributed by atoms with Crippen LogP contribution in [0.4, 0.5) is 0 Å². The molecule has 3 aromatic rings. The second kappa shape index (κ2) is 13.2. The van der Waals surface area contributed by atoms with Crippen molar-refractivity contribution in [2.24, 2.45) is 0 Å². The molecule has 1 aliphatic rings. The van der Waals surface area contributed by atoms with Gasteiger partial charge in [0.05, 0.1) is 21.3 Å². The maximum atomic E-state index is 14.0. The van der Waals surface area contributed by atoms with Crippen molar-refractivity contribution < 1.29 is 19.0 Å². The number of carbonyl (C=O) groups excluding carboxylic acids is 1. The van der Waals surface area contributed by atoms with E-state index in [0.717, 1.165) is 37.1 Å². The molecule has 1 saturated heterocycles. The lowest BCUT2D eigenvalue weighted by atomic mass is 10.1. The maximum absolute atomic E-state index is 14.0. The monoisotopic (exact) mass is 514 g/mol. The molecule has 0 aromatic heterocycles. The van der Waals surface area contributed by atoms with Crippen LogP contribution in [-0.2, 0) is 6.54 Å². The largest absolute Gasteiger partial charge is 0.493 e. The zero-order chi connectivity index (χ0) is 26.9. The first-order valence-electron chi connectivity index (χ1n) is 13.1. The van der Waals surface area contributed by atoms with E-state index in [1.54, 1.807) is 33.5 Å². The van der Waals surface area contributed by atoms with Gasteiger partial charge in [-0.05, 0) is 49.6 Å². The quantitative estimate of drug-likeness (QED) is 0.318. The van der Waals surface area contributed by atoms with E-state index in [1.807, 2.05) is 29.2 Å². The standard InChI is InChI=1S/C32H38N2O4/c1-24(18-25-12-7-5-8-13-25)21-34(23-28-16-11-17-33(28)22-26-14-9-6-10-15-26)32(35)27-19-29(36-2)31(38-4)30(20-27)37-3/h5-10,12-15,18-20,28H,11,16-17,21-23H2,1-4H3/t28-/m0/s1. The summed E-state index contributed by atoms with van der Waals surface area (Å²) >= 11 is 0. The van der Waals surface area contributed by atoms with E-state index < -0.39 is 0 Å². The van der Waals surface area contributed by atoms with Gasteiger partial charge in [-0.3, -0.25) is 9.69 Å². The Balaban J connectivity index is 1.62. The molecule has 0 spiro atoms. The summed E-state index contributed by atoms with van der Waals surface area (Å²) in [5, 5.41) is 0. The fraction of sp³-hybridized carbons (Fsp3) is 0.344. The molecular weight excluding hydrogens is 476 g/mol. The highest BCUT2D eigenvalue weighted by Gasteiger charge is 2.29. The maximum Gasteiger partial charge on any atom is 0.254 e. The van der Waals surface area contributed by atoms with E-state index in [1.165, 1.54) is 5.56 Å². The van der Waals surface area contributed by atoms with Crippen molar-refractivity contribution in [2.45, 2.75) is 32.4 Å². The lowest BCUT2D eigenvalue weighted by Crippen LogP contribution is -2.43. The van der Waals surface area contributed by atoms with Gasteiger partial charge in [0.2, 0.25) is 5.75 Å². The summed E-state index contributed by atoms with van der Waals surface area (Å²) in [6, 6.07) is 24.5. The summed E-state index contributed by atoms with van der Waals surface area (Å²) in [4.78, 5) is 18.5. The van der Waals surface area contributed by atoms with Gasteiger partial charge in [0.25, 0.3) is 5.91 Å². The van der Waals surface area contributed by atoms with Gasteiger partial charge < -0.3 is 19.1 Å². The molecule has 1 heterocycles. The third-order valence-electron chi connectivity index (χ3n) is 7.01. The van der Waals surface area contributed by atoms with Gasteiger partial charge in [0.1, 0.15) is 0 Å². The molecule has 0 bridgehead atoms. The Morgan fingerprint density at radius 3 is 2.18 bits per heavy atom. The number of carbonyl (C=O) groups is 1. The van der Waals surface area contributed by atoms with E-state index in [0.29, 0.717) is 35.9 Å². The third-order valence-corrected chi connectivity index (χ3v) is 7.01. The minimum absolute atomic E-state index is 0.0587. The molecule has 0 unspecified atom stereocenters. The van der Waals surface area contributed by atoms with Gasteiger partial charge in [0.15, 0.2) is 11.5 Å². The molecule has 3 aromatic carbocycles. The summed E-state index contributed by atoms with van der Waals surface area (Å²) in [6.07, 6.45) is 4.34. The summed E-state index contributed by atoms with van der Waals surface area (Å²) in [6.45, 7) is 5.17. The van der Waals surface area contributed by atoms with Crippen LogP contribution in [0.15, 0.2) is 78.4 Å². The van der Waals surface area contributed by atoms with Crippen LogP contribution in [0, 0.1) is 0 Å². The van der Waals surface area contributed by atoms with Crippen molar-refractivity contribution >= 4 is 12.0 Å². The van der Waals surface area contributed by atoms with Crippen LogP contribution < -0.4 is 14.2 Å². The predicted molar refractivity (Wildman–Crippen MR) is 152 cm³/mol. The van der Waals surface area contributed by atoms with Crippen LogP contribution in [0.25, 0.3) is 6.08 Å². The van der Waals surface area contributed by atoms with Gasteiger partial charge in [-0.25, -0.2) is 0 Å². The topological polar surface area (TPSA) is 51.2 Å². The molecule has 1 atom stereocenters. The number of rotatable bonds is 11. The smallest absolute Gasteiger partial charge is 0.254 e. The first-order valence-corrected chi connectivity index (χ1v) is 13.1. The molecule has 1 aliphatic heterocycles. The van der Waals surface area contributed by atoms with E-state index in [4.69, 9.17) is 14.2 Å². The van der Waals surface area contributed by atoms with Gasteiger partial charge in [-0.2, -0.15) is 0 Å². The van der Waals surface area contributed by atoms with Gasteiger partial charge in [-0.1, -0.05) is 72.3 Å². The van der Waals surface area contributed by atoms with E-state index in [9.17, 15) is 4.79 Å². The number of benzene rings is 3. The molecule has 1 amide bonds. The molecule has 6 nitrogen and oxygen atoms in total. The van der Waals surface area contributed by atoms with Crippen molar-refractivity contribution in [1.29, 1.82) is 0 Å². The summed E-state index contributed by atoms with van der Waals surface area (Å²) in [5.41, 5.74) is 4.04. The Morgan fingerprint density at radius 1 is 0.947 bits per heavy atom. The van der Waals surface area contributed by atoms with Crippen LogP contribution in [0.5, 0.6) is 17.2 Å². The Bertz CT molecular complexity index is 1200. The van der Waals surface area contributed by atoms with Crippen LogP contribution in [-0.4, -0.2) is 62.7 Å². The van der Waals surface area contributed by atoms with Crippen LogP contribution in [0.3, 0.4) is 0 Å². The number of methoxy groups -OCH3 is 3. The number of likely N-dealkylation sites (tertiary alicyclic amines) is 1. The number of ether oxygens (including phenoxy) is 3. The fourth-order valence-electron chi connectivity index (χ4n) is 5.17. The summed E-state index contributed by atoms with van der Waals surface area (Å²) in [7, 11) is 4.69. The molecule has 0 radical (unpaired) electrons. The highest BCUT2D eigenvalue weighted by molar-refractivity contribution is 5.96. The number of amides is 1. The van der Waals surface area contributed by atoms with E-state index in [-0.39, 0.29) is 11.9 Å². The van der Waals surface area contributed by atoms with Crippen molar-refractivity contribution in [3.05, 3.63) is 95.1 Å². The van der Waals surface area contributed by atoms with Gasteiger partial charge in [-0.15, -0.1) is 0 Å². The van der Waals surface area contributed by atoms with Crippen LogP contribution in [0.1, 0.15) is 41.3 Å². The minimum atomic E-state index is -0.0587. The predicted octanol–water partition coefficient (Wildman–Crippen LogP) is 5.92. The number of hydrogen-bond donors (Lipinski definition) is 0. The number of nitrogens with zero attached hydrogens (tertiary/aromatic N) is 2. The normalized spacial score (nSPS) is 15.8. The molecule has 1 fully saturated rings. The van der Waals surface area contributed by atoms with Crippen molar-refractivity contribution in [3.8, 4) is 17.2 Å². The van der Waals surface area contributed by atoms with E-state index >= 15 is 0 Å². The molecular formula is C32H38N2O4. The Labute approximate surface area is 226 Å². The fourth-order valence-corrected chi connectivity index (χ4v) is 5.17. The van der Waals surface area contributed by atoms with Crippen LogP contribution >= 0.6 is 0 Å². The minimum Gasteiger partial charge on any atom is -0.493 e. The lowest BCUT2D eigenvalue weighted by molar-refractivity contribution is 0.0718. The number of hydrogen-bond acceptors (Lipinski definition) is 5. The Kier molecular flexibility index (Phi) is 9.44. The molecule has 4 rings (SSSR count). The second-order valence-electron chi connectivity index (χ2n) is 9.75. The highest BCUT2D eigenvalue weighted by atomic mass is 16.5. The Hall–Kier alpha value is -3.77. The molecule has 6 heteroatoms. The molecule has 0 saturated carbocycles. The average Bonchev–Trinajstić information content (AvgIpc) is 3.38. The van der Waals surface area contributed by atoms with Crippen molar-refractivity contribution in [3.63, 3.8) is 0 Å². The molecule has 200 valence electrons. The van der Waals surface area contributed by atoms with Crippen LogP contribution in [0.2, 0.25) is 0 Å². The van der Waals surface area contributed by atoms with Gasteiger partial charge in [0, 0.05) is 31.2 Å². The summed E-state index contributed by atoms with van der Waals surface area (Å²) < 4.78 is 16.5. The lowest BCUT2D eigenvalue weighted by Gasteiger charge is -2.31. The molecule has 0 N–H and O–H groups in total. The SMILES string of the molecule is COc1cc(C(=O)N(CC(C)=Cc2ccccc2)C[C@@H]2CCCN2Cc2ccccc2)cc(OC)c1OC. The zero-order valence-corrected chi connectivity index (χ0v) is 22.9. The zero-order valence-electron chi connectivity index (χ0n) is 22.9. The molecule has 0 aliphatic carbocycles. The average molecular weight is 515 g/mol. The van der Waals surface area contributed by atoms with Crippen molar-refractivity contribution in [1.82, 2.24) is 9.80 Å². The third kappa shape index (κ3) is 6.75. The Morgan fingerprint density at radius 2 is 1.58 bits per heavy atom. The van der Waals surface area contributed by atoms with Crippen molar-refractivity contribution in [2.75, 3.05) is 41.0 Å². The van der Waals surface area contributed by atoms with E-state index in [2.05, 4.69) is 54.3 Å². The molecule has 38 heavy (non-hydrogen) atoms.